The minimum absolute atomic E-state index is 0.0569. The molecule has 1 N–H and O–H groups in total. The molecule has 1 saturated carbocycles. The van der Waals surface area contributed by atoms with E-state index in [4.69, 9.17) is 5.11 Å². The first kappa shape index (κ1) is 12.8. The number of hydrogen-bond donors (Lipinski definition) is 1. The monoisotopic (exact) mass is 261 g/mol. The lowest BCUT2D eigenvalue weighted by molar-refractivity contribution is -0.137. The molecule has 0 amide bonds. The number of carbonyl (C=O) groups is 1. The van der Waals surface area contributed by atoms with E-state index in [1.165, 1.54) is 0 Å². The summed E-state index contributed by atoms with van der Waals surface area (Å²) in [6.45, 7) is 0.573. The number of rotatable bonds is 5. The maximum Gasteiger partial charge on any atom is 0.303 e. The van der Waals surface area contributed by atoms with Crippen LogP contribution in [0.2, 0.25) is 0 Å². The summed E-state index contributed by atoms with van der Waals surface area (Å²) in [5.74, 6) is -0.848. The summed E-state index contributed by atoms with van der Waals surface area (Å²) < 4.78 is 25.9. The van der Waals surface area contributed by atoms with Crippen molar-refractivity contribution in [3.8, 4) is 0 Å². The highest BCUT2D eigenvalue weighted by molar-refractivity contribution is 7.90. The number of piperidine rings is 1. The van der Waals surface area contributed by atoms with Crippen molar-refractivity contribution >= 4 is 16.0 Å². The van der Waals surface area contributed by atoms with Crippen molar-refractivity contribution in [1.82, 2.24) is 4.31 Å². The molecule has 1 unspecified atom stereocenters. The molecule has 0 aromatic rings. The Hall–Kier alpha value is -0.620. The van der Waals surface area contributed by atoms with E-state index in [1.807, 2.05) is 0 Å². The maximum absolute atomic E-state index is 12.2. The SMILES string of the molecule is O=C(O)CCC1CCCCN1S(=O)(=O)C1CC1. The van der Waals surface area contributed by atoms with Crippen LogP contribution in [0.4, 0.5) is 0 Å². The first-order valence-corrected chi connectivity index (χ1v) is 7.74. The van der Waals surface area contributed by atoms with Crippen LogP contribution >= 0.6 is 0 Å². The van der Waals surface area contributed by atoms with Crippen LogP contribution in [0.15, 0.2) is 0 Å². The molecule has 98 valence electrons. The third kappa shape index (κ3) is 2.98. The Morgan fingerprint density at radius 1 is 1.24 bits per heavy atom. The van der Waals surface area contributed by atoms with Gasteiger partial charge in [-0.25, -0.2) is 8.42 Å². The first-order chi connectivity index (χ1) is 8.01. The summed E-state index contributed by atoms with van der Waals surface area (Å²) in [7, 11) is -3.15. The van der Waals surface area contributed by atoms with Crippen LogP contribution in [-0.2, 0) is 14.8 Å². The molecule has 2 fully saturated rings. The topological polar surface area (TPSA) is 74.7 Å². The van der Waals surface area contributed by atoms with E-state index in [-0.39, 0.29) is 17.7 Å². The van der Waals surface area contributed by atoms with Gasteiger partial charge in [0.05, 0.1) is 5.25 Å². The van der Waals surface area contributed by atoms with Crippen molar-refractivity contribution in [2.24, 2.45) is 0 Å². The van der Waals surface area contributed by atoms with Gasteiger partial charge in [-0.15, -0.1) is 0 Å². The molecule has 2 rings (SSSR count). The van der Waals surface area contributed by atoms with Crippen LogP contribution in [0.1, 0.15) is 44.9 Å². The van der Waals surface area contributed by atoms with E-state index < -0.39 is 16.0 Å². The summed E-state index contributed by atoms with van der Waals surface area (Å²) in [6, 6.07) is -0.0922. The summed E-state index contributed by atoms with van der Waals surface area (Å²) in [4.78, 5) is 10.6. The second kappa shape index (κ2) is 4.94. The Bertz CT molecular complexity index is 388. The fourth-order valence-electron chi connectivity index (χ4n) is 2.44. The van der Waals surface area contributed by atoms with Crippen LogP contribution in [0.5, 0.6) is 0 Å². The van der Waals surface area contributed by atoms with Gasteiger partial charge in [-0.05, 0) is 32.1 Å². The summed E-state index contributed by atoms with van der Waals surface area (Å²) >= 11 is 0. The van der Waals surface area contributed by atoms with Crippen LogP contribution in [-0.4, -0.2) is 41.6 Å². The molecule has 0 spiro atoms. The van der Waals surface area contributed by atoms with E-state index in [0.717, 1.165) is 32.1 Å². The molecule has 2 aliphatic rings. The molecule has 0 bridgehead atoms. The summed E-state index contributed by atoms with van der Waals surface area (Å²) in [5, 5.41) is 8.50. The van der Waals surface area contributed by atoms with Gasteiger partial charge in [0, 0.05) is 19.0 Å². The molecule has 0 radical (unpaired) electrons. The van der Waals surface area contributed by atoms with Gasteiger partial charge in [-0.3, -0.25) is 4.79 Å². The smallest absolute Gasteiger partial charge is 0.303 e. The van der Waals surface area contributed by atoms with E-state index in [1.54, 1.807) is 4.31 Å². The molecule has 1 aliphatic carbocycles. The molecule has 1 atom stereocenters. The molecule has 0 aromatic heterocycles. The highest BCUT2D eigenvalue weighted by atomic mass is 32.2. The molecule has 6 heteroatoms. The predicted molar refractivity (Wildman–Crippen MR) is 63.2 cm³/mol. The average molecular weight is 261 g/mol. The zero-order chi connectivity index (χ0) is 12.5. The highest BCUT2D eigenvalue weighted by Gasteiger charge is 2.43. The molecular formula is C11H19NO4S. The highest BCUT2D eigenvalue weighted by Crippen LogP contribution is 2.35. The minimum atomic E-state index is -3.15. The van der Waals surface area contributed by atoms with Crippen molar-refractivity contribution in [3.63, 3.8) is 0 Å². The standard InChI is InChI=1S/C11H19NO4S/c13-11(14)7-4-9-3-1-2-8-12(9)17(15,16)10-5-6-10/h9-10H,1-8H2,(H,13,14). The lowest BCUT2D eigenvalue weighted by Gasteiger charge is -2.34. The fourth-order valence-corrected chi connectivity index (χ4v) is 4.57. The van der Waals surface area contributed by atoms with Crippen LogP contribution in [0.3, 0.4) is 0 Å². The van der Waals surface area contributed by atoms with Gasteiger partial charge in [-0.1, -0.05) is 6.42 Å². The summed E-state index contributed by atoms with van der Waals surface area (Å²) in [5.41, 5.74) is 0. The van der Waals surface area contributed by atoms with Crippen LogP contribution < -0.4 is 0 Å². The number of carboxylic acids is 1. The molecule has 1 heterocycles. The molecule has 17 heavy (non-hydrogen) atoms. The average Bonchev–Trinajstić information content (AvgIpc) is 3.10. The zero-order valence-corrected chi connectivity index (χ0v) is 10.7. The molecule has 1 aliphatic heterocycles. The van der Waals surface area contributed by atoms with E-state index >= 15 is 0 Å². The van der Waals surface area contributed by atoms with Gasteiger partial charge in [0.2, 0.25) is 10.0 Å². The van der Waals surface area contributed by atoms with E-state index in [9.17, 15) is 13.2 Å². The lowest BCUT2D eigenvalue weighted by atomic mass is 10.0. The zero-order valence-electron chi connectivity index (χ0n) is 9.84. The Balaban J connectivity index is 2.03. The normalized spacial score (nSPS) is 26.9. The van der Waals surface area contributed by atoms with Gasteiger partial charge < -0.3 is 5.11 Å². The van der Waals surface area contributed by atoms with Crippen molar-refractivity contribution in [2.45, 2.75) is 56.2 Å². The number of aliphatic carboxylic acids is 1. The van der Waals surface area contributed by atoms with E-state index in [2.05, 4.69) is 0 Å². The second-order valence-corrected chi connectivity index (χ2v) is 7.10. The lowest BCUT2D eigenvalue weighted by Crippen LogP contribution is -2.45. The van der Waals surface area contributed by atoms with Crippen molar-refractivity contribution in [1.29, 1.82) is 0 Å². The van der Waals surface area contributed by atoms with Gasteiger partial charge in [0.1, 0.15) is 0 Å². The number of sulfonamides is 1. The summed E-state index contributed by atoms with van der Waals surface area (Å²) in [6.07, 6.45) is 4.74. The van der Waals surface area contributed by atoms with Crippen molar-refractivity contribution in [3.05, 3.63) is 0 Å². The molecular weight excluding hydrogens is 242 g/mol. The number of carboxylic acid groups (broad SMARTS) is 1. The Morgan fingerprint density at radius 3 is 2.53 bits per heavy atom. The quantitative estimate of drug-likeness (QED) is 0.807. The predicted octanol–water partition coefficient (Wildman–Crippen LogP) is 1.20. The van der Waals surface area contributed by atoms with Crippen molar-refractivity contribution in [2.75, 3.05) is 6.54 Å². The third-order valence-corrected chi connectivity index (χ3v) is 5.99. The first-order valence-electron chi connectivity index (χ1n) is 6.24. The Kier molecular flexibility index (Phi) is 3.73. The molecule has 5 nitrogen and oxygen atoms in total. The largest absolute Gasteiger partial charge is 0.481 e. The molecule has 0 aromatic carbocycles. The second-order valence-electron chi connectivity index (χ2n) is 4.94. The minimum Gasteiger partial charge on any atom is -0.481 e. The Morgan fingerprint density at radius 2 is 1.94 bits per heavy atom. The van der Waals surface area contributed by atoms with Crippen molar-refractivity contribution < 1.29 is 18.3 Å². The number of nitrogens with zero attached hydrogens (tertiary/aromatic N) is 1. The van der Waals surface area contributed by atoms with Crippen LogP contribution in [0.25, 0.3) is 0 Å². The van der Waals surface area contributed by atoms with Gasteiger partial charge in [0.15, 0.2) is 0 Å². The maximum atomic E-state index is 12.2. The van der Waals surface area contributed by atoms with Gasteiger partial charge >= 0.3 is 5.97 Å². The van der Waals surface area contributed by atoms with Gasteiger partial charge in [-0.2, -0.15) is 4.31 Å². The van der Waals surface area contributed by atoms with Crippen LogP contribution in [0, 0.1) is 0 Å². The van der Waals surface area contributed by atoms with Gasteiger partial charge in [0.25, 0.3) is 0 Å². The molecule has 1 saturated heterocycles. The fraction of sp³-hybridized carbons (Fsp3) is 0.909. The van der Waals surface area contributed by atoms with E-state index in [0.29, 0.717) is 13.0 Å². The number of hydrogen-bond acceptors (Lipinski definition) is 3. The Labute approximate surface area is 102 Å². The third-order valence-electron chi connectivity index (χ3n) is 3.54.